The summed E-state index contributed by atoms with van der Waals surface area (Å²) < 4.78 is 0. The van der Waals surface area contributed by atoms with E-state index in [1.165, 1.54) is 24.8 Å². The Morgan fingerprint density at radius 3 is 2.24 bits per heavy atom. The number of ketones is 2. The van der Waals surface area contributed by atoms with Crippen LogP contribution in [0.4, 0.5) is 0 Å². The van der Waals surface area contributed by atoms with Crippen molar-refractivity contribution in [3.63, 3.8) is 0 Å². The minimum atomic E-state index is -0.376. The summed E-state index contributed by atoms with van der Waals surface area (Å²) in [6.07, 6.45) is 13.9. The van der Waals surface area contributed by atoms with Crippen molar-refractivity contribution in [2.45, 2.75) is 99.3 Å². The molecule has 6 aliphatic rings. The monoisotopic (exact) mass is 459 g/mol. The molecule has 182 valence electrons. The van der Waals surface area contributed by atoms with E-state index in [0.29, 0.717) is 22.7 Å². The predicted octanol–water partition coefficient (Wildman–Crippen LogP) is 6.98. The molecule has 0 aromatic heterocycles. The topological polar surface area (TPSA) is 57.9 Å². The van der Waals surface area contributed by atoms with Gasteiger partial charge in [0.15, 0.2) is 11.6 Å². The Balaban J connectivity index is 1.52. The van der Waals surface area contributed by atoms with Gasteiger partial charge >= 0.3 is 0 Å². The Kier molecular flexibility index (Phi) is 4.25. The van der Waals surface area contributed by atoms with Crippen molar-refractivity contribution in [1.29, 1.82) is 5.26 Å². The van der Waals surface area contributed by atoms with Crippen LogP contribution in [0.1, 0.15) is 99.3 Å². The van der Waals surface area contributed by atoms with Gasteiger partial charge in [0.25, 0.3) is 0 Å². The summed E-state index contributed by atoms with van der Waals surface area (Å²) in [5.41, 5.74) is 1.27. The van der Waals surface area contributed by atoms with Crippen LogP contribution >= 0.6 is 0 Å². The summed E-state index contributed by atoms with van der Waals surface area (Å²) in [5.74, 6) is 1.15. The highest BCUT2D eigenvalue weighted by atomic mass is 16.1. The number of nitrogens with zero attached hydrogens (tertiary/aromatic N) is 1. The zero-order valence-corrected chi connectivity index (χ0v) is 22.0. The van der Waals surface area contributed by atoms with Gasteiger partial charge in [0.1, 0.15) is 6.07 Å². The van der Waals surface area contributed by atoms with Crippen molar-refractivity contribution >= 4 is 11.6 Å². The van der Waals surface area contributed by atoms with E-state index in [2.05, 4.69) is 47.6 Å². The smallest absolute Gasteiger partial charge is 0.179 e. The Morgan fingerprint density at radius 2 is 1.59 bits per heavy atom. The lowest BCUT2D eigenvalue weighted by atomic mass is 9.35. The molecule has 0 radical (unpaired) electrons. The first kappa shape index (κ1) is 22.8. The van der Waals surface area contributed by atoms with Gasteiger partial charge in [-0.05, 0) is 97.4 Å². The summed E-state index contributed by atoms with van der Waals surface area (Å²) in [6, 6.07) is 2.24. The van der Waals surface area contributed by atoms with Crippen molar-refractivity contribution < 1.29 is 9.59 Å². The maximum absolute atomic E-state index is 14.2. The van der Waals surface area contributed by atoms with Gasteiger partial charge in [0.2, 0.25) is 0 Å². The second kappa shape index (κ2) is 6.35. The molecule has 0 unspecified atom stereocenters. The average molecular weight is 460 g/mol. The van der Waals surface area contributed by atoms with Gasteiger partial charge in [-0.25, -0.2) is 0 Å². The van der Waals surface area contributed by atoms with Crippen LogP contribution in [-0.4, -0.2) is 11.6 Å². The minimum Gasteiger partial charge on any atom is -0.295 e. The number of rotatable bonds is 0. The molecule has 3 nitrogen and oxygen atoms in total. The SMILES string of the molecule is CC1(C)CC[C@]2(C)CC[C@]3(C)[C@H](C(=O)C=C4[C@@]5(C)C=C(C#N)C(=O)C6(CC6)[C@@H]5CC[C@]43C)[C@@H]2C1. The highest BCUT2D eigenvalue weighted by Crippen LogP contribution is 2.76. The first-order valence-corrected chi connectivity index (χ1v) is 13.7. The quantitative estimate of drug-likeness (QED) is 0.392. The molecular weight excluding hydrogens is 418 g/mol. The van der Waals surface area contributed by atoms with E-state index in [-0.39, 0.29) is 44.7 Å². The molecule has 0 amide bonds. The highest BCUT2D eigenvalue weighted by molar-refractivity contribution is 6.06. The maximum Gasteiger partial charge on any atom is 0.179 e. The number of hydrogen-bond acceptors (Lipinski definition) is 3. The van der Waals surface area contributed by atoms with Crippen LogP contribution in [0.5, 0.6) is 0 Å². The van der Waals surface area contributed by atoms with Crippen molar-refractivity contribution in [2.75, 3.05) is 0 Å². The lowest BCUT2D eigenvalue weighted by Crippen LogP contribution is -2.64. The molecule has 0 bridgehead atoms. The van der Waals surface area contributed by atoms with Crippen LogP contribution in [-0.2, 0) is 9.59 Å². The van der Waals surface area contributed by atoms with Crippen LogP contribution in [0.2, 0.25) is 0 Å². The number of fused-ring (bicyclic) bond motifs is 8. The first-order valence-electron chi connectivity index (χ1n) is 13.7. The average Bonchev–Trinajstić information content (AvgIpc) is 3.55. The predicted molar refractivity (Wildman–Crippen MR) is 132 cm³/mol. The van der Waals surface area contributed by atoms with Gasteiger partial charge in [-0.3, -0.25) is 9.59 Å². The summed E-state index contributed by atoms with van der Waals surface area (Å²) >= 11 is 0. The van der Waals surface area contributed by atoms with Crippen LogP contribution in [0.15, 0.2) is 23.3 Å². The molecule has 4 fully saturated rings. The molecule has 0 aromatic carbocycles. The lowest BCUT2D eigenvalue weighted by Gasteiger charge is -2.68. The normalized spacial score (nSPS) is 50.1. The Morgan fingerprint density at radius 1 is 0.912 bits per heavy atom. The molecular formula is C31H41NO2. The molecule has 6 rings (SSSR count). The zero-order chi connectivity index (χ0) is 24.5. The Bertz CT molecular complexity index is 1110. The van der Waals surface area contributed by atoms with Gasteiger partial charge in [0.05, 0.1) is 5.57 Å². The summed E-state index contributed by atoms with van der Waals surface area (Å²) in [4.78, 5) is 27.4. The molecule has 6 aliphatic carbocycles. The second-order valence-corrected chi connectivity index (χ2v) is 14.8. The van der Waals surface area contributed by atoms with E-state index in [9.17, 15) is 14.9 Å². The number of carbonyl (C=O) groups is 2. The van der Waals surface area contributed by atoms with Crippen LogP contribution in [0, 0.1) is 61.6 Å². The van der Waals surface area contributed by atoms with E-state index in [4.69, 9.17) is 0 Å². The van der Waals surface area contributed by atoms with Crippen LogP contribution in [0.25, 0.3) is 0 Å². The number of carbonyl (C=O) groups excluding carboxylic acids is 2. The Labute approximate surface area is 205 Å². The van der Waals surface area contributed by atoms with Crippen molar-refractivity contribution in [1.82, 2.24) is 0 Å². The molecule has 0 N–H and O–H groups in total. The third kappa shape index (κ3) is 2.49. The fourth-order valence-electron chi connectivity index (χ4n) is 10.3. The minimum absolute atomic E-state index is 0.0709. The Hall–Kier alpha value is -1.69. The van der Waals surface area contributed by atoms with E-state index >= 15 is 0 Å². The molecule has 3 heteroatoms. The molecule has 0 saturated heterocycles. The first-order chi connectivity index (χ1) is 15.8. The summed E-state index contributed by atoms with van der Waals surface area (Å²) in [7, 11) is 0. The van der Waals surface area contributed by atoms with Crippen molar-refractivity contribution in [2.24, 2.45) is 50.2 Å². The number of allylic oxidation sites excluding steroid dienone is 4. The van der Waals surface area contributed by atoms with Crippen LogP contribution in [0.3, 0.4) is 0 Å². The third-order valence-corrected chi connectivity index (χ3v) is 12.7. The van der Waals surface area contributed by atoms with Crippen molar-refractivity contribution in [3.8, 4) is 6.07 Å². The second-order valence-electron chi connectivity index (χ2n) is 14.8. The molecule has 0 heterocycles. The van der Waals surface area contributed by atoms with Gasteiger partial charge in [-0.15, -0.1) is 0 Å². The number of nitriles is 1. The zero-order valence-electron chi connectivity index (χ0n) is 22.0. The number of hydrogen-bond donors (Lipinski definition) is 0. The summed E-state index contributed by atoms with van der Waals surface area (Å²) in [5, 5.41) is 9.86. The van der Waals surface area contributed by atoms with Gasteiger partial charge in [-0.1, -0.05) is 53.2 Å². The van der Waals surface area contributed by atoms with E-state index in [1.54, 1.807) is 0 Å². The molecule has 7 atom stereocenters. The molecule has 0 aliphatic heterocycles. The molecule has 1 spiro atoms. The molecule has 0 aromatic rings. The molecule has 34 heavy (non-hydrogen) atoms. The standard InChI is InChI=1S/C31H41NO2/c1-26(2)9-10-27(3)11-12-30(6)24(20(27)17-26)21(33)15-23-28(4)16-19(18-32)25(34)31(13-14-31)22(28)7-8-29(23,30)5/h15-16,20,22,24H,7-14,17H2,1-6H3/t20-,22+,24-,27+,28-,29+,30+/m0/s1. The summed E-state index contributed by atoms with van der Waals surface area (Å²) in [6.45, 7) is 14.4. The lowest BCUT2D eigenvalue weighted by molar-refractivity contribution is -0.167. The number of Topliss-reactive ketones (excluding diaryl/α,β-unsaturated/α-hetero) is 1. The van der Waals surface area contributed by atoms with E-state index in [1.807, 2.05) is 12.2 Å². The van der Waals surface area contributed by atoms with Gasteiger partial charge in [-0.2, -0.15) is 5.26 Å². The fourth-order valence-corrected chi connectivity index (χ4v) is 10.3. The van der Waals surface area contributed by atoms with Crippen LogP contribution < -0.4 is 0 Å². The molecule has 4 saturated carbocycles. The fraction of sp³-hybridized carbons (Fsp3) is 0.774. The van der Waals surface area contributed by atoms with Gasteiger partial charge in [0, 0.05) is 16.7 Å². The maximum atomic E-state index is 14.2. The van der Waals surface area contributed by atoms with E-state index in [0.717, 1.165) is 38.5 Å². The van der Waals surface area contributed by atoms with Crippen molar-refractivity contribution in [3.05, 3.63) is 23.3 Å². The van der Waals surface area contributed by atoms with Gasteiger partial charge < -0.3 is 0 Å². The largest absolute Gasteiger partial charge is 0.295 e. The third-order valence-electron chi connectivity index (χ3n) is 12.7. The van der Waals surface area contributed by atoms with E-state index < -0.39 is 0 Å². The highest BCUT2D eigenvalue weighted by Gasteiger charge is 2.71.